The number of carbonyl (C=O) groups is 1. The molecule has 0 spiro atoms. The molecule has 0 unspecified atom stereocenters. The lowest BCUT2D eigenvalue weighted by Crippen LogP contribution is -2.21. The molecule has 2 heterocycles. The first-order valence-corrected chi connectivity index (χ1v) is 7.14. The van der Waals surface area contributed by atoms with Crippen LogP contribution < -0.4 is 0 Å². The van der Waals surface area contributed by atoms with Gasteiger partial charge in [0, 0.05) is 29.2 Å². The molecule has 2 aromatic rings. The maximum atomic E-state index is 11.0. The number of hydrogen-bond donors (Lipinski definition) is 0. The lowest BCUT2D eigenvalue weighted by Gasteiger charge is -2.14. The zero-order valence-electron chi connectivity index (χ0n) is 11.2. The summed E-state index contributed by atoms with van der Waals surface area (Å²) >= 11 is 0. The molecular weight excluding hydrogens is 236 g/mol. The number of nitrogens with zero attached hydrogens (tertiary/aromatic N) is 2. The van der Waals surface area contributed by atoms with Crippen molar-refractivity contribution < 1.29 is 4.79 Å². The Labute approximate surface area is 113 Å². The molecule has 0 atom stereocenters. The maximum absolute atomic E-state index is 11.0. The largest absolute Gasteiger partial charge is 0.347 e. The predicted octanol–water partition coefficient (Wildman–Crippen LogP) is 2.94. The molecule has 0 aliphatic carbocycles. The summed E-state index contributed by atoms with van der Waals surface area (Å²) in [6, 6.07) is 7.99. The van der Waals surface area contributed by atoms with E-state index in [4.69, 9.17) is 0 Å². The number of aromatic nitrogens is 1. The summed E-state index contributed by atoms with van der Waals surface area (Å²) in [6.07, 6.45) is 6.93. The van der Waals surface area contributed by atoms with Crippen molar-refractivity contribution in [2.24, 2.45) is 0 Å². The van der Waals surface area contributed by atoms with Gasteiger partial charge in [-0.15, -0.1) is 0 Å². The molecule has 1 saturated heterocycles. The van der Waals surface area contributed by atoms with Gasteiger partial charge in [-0.05, 0) is 51.0 Å². The van der Waals surface area contributed by atoms with E-state index >= 15 is 0 Å². The van der Waals surface area contributed by atoms with Gasteiger partial charge >= 0.3 is 0 Å². The second-order valence-corrected chi connectivity index (χ2v) is 5.31. The molecule has 3 rings (SSSR count). The van der Waals surface area contributed by atoms with E-state index in [1.165, 1.54) is 44.4 Å². The first-order valence-electron chi connectivity index (χ1n) is 7.14. The quantitative estimate of drug-likeness (QED) is 0.768. The molecule has 1 aromatic carbocycles. The van der Waals surface area contributed by atoms with Crippen LogP contribution in [0, 0.1) is 0 Å². The topological polar surface area (TPSA) is 25.2 Å². The molecule has 19 heavy (non-hydrogen) atoms. The zero-order valence-corrected chi connectivity index (χ0v) is 11.2. The average Bonchev–Trinajstić information content (AvgIpc) is 3.08. The van der Waals surface area contributed by atoms with Crippen molar-refractivity contribution in [2.75, 3.05) is 19.6 Å². The third-order valence-electron chi connectivity index (χ3n) is 4.05. The van der Waals surface area contributed by atoms with Crippen LogP contribution in [0.15, 0.2) is 30.5 Å². The van der Waals surface area contributed by atoms with Crippen LogP contribution in [0.5, 0.6) is 0 Å². The summed E-state index contributed by atoms with van der Waals surface area (Å²) in [5, 5.41) is 1.07. The van der Waals surface area contributed by atoms with E-state index < -0.39 is 0 Å². The fourth-order valence-corrected chi connectivity index (χ4v) is 3.02. The minimum atomic E-state index is 0.788. The number of carbonyl (C=O) groups excluding carboxylic acids is 1. The Hall–Kier alpha value is -1.61. The predicted molar refractivity (Wildman–Crippen MR) is 77.6 cm³/mol. The zero-order chi connectivity index (χ0) is 13.1. The van der Waals surface area contributed by atoms with E-state index in [-0.39, 0.29) is 0 Å². The van der Waals surface area contributed by atoms with Crippen molar-refractivity contribution in [1.82, 2.24) is 9.47 Å². The number of benzene rings is 1. The molecule has 0 N–H and O–H groups in total. The van der Waals surface area contributed by atoms with E-state index in [1.807, 2.05) is 12.1 Å². The number of aryl methyl sites for hydroxylation is 1. The summed E-state index contributed by atoms with van der Waals surface area (Å²) in [7, 11) is 0. The Morgan fingerprint density at radius 1 is 1.11 bits per heavy atom. The molecule has 1 aliphatic rings. The van der Waals surface area contributed by atoms with Crippen molar-refractivity contribution in [1.29, 1.82) is 0 Å². The Morgan fingerprint density at radius 3 is 2.74 bits per heavy atom. The van der Waals surface area contributed by atoms with Crippen LogP contribution in [0.1, 0.15) is 29.6 Å². The monoisotopic (exact) mass is 256 g/mol. The van der Waals surface area contributed by atoms with Gasteiger partial charge in [0.2, 0.25) is 0 Å². The summed E-state index contributed by atoms with van der Waals surface area (Å²) in [5.41, 5.74) is 1.96. The molecule has 3 heteroatoms. The van der Waals surface area contributed by atoms with Gasteiger partial charge in [-0.1, -0.05) is 12.1 Å². The fourth-order valence-electron chi connectivity index (χ4n) is 3.02. The summed E-state index contributed by atoms with van der Waals surface area (Å²) in [5.74, 6) is 0. The van der Waals surface area contributed by atoms with Crippen LogP contribution >= 0.6 is 0 Å². The molecule has 1 fully saturated rings. The summed E-state index contributed by atoms with van der Waals surface area (Å²) in [4.78, 5) is 13.5. The molecular formula is C16H20N2O. The van der Waals surface area contributed by atoms with Crippen LogP contribution in [-0.4, -0.2) is 35.4 Å². The minimum Gasteiger partial charge on any atom is -0.347 e. The molecule has 1 aromatic heterocycles. The van der Waals surface area contributed by atoms with Gasteiger partial charge in [-0.2, -0.15) is 0 Å². The highest BCUT2D eigenvalue weighted by molar-refractivity contribution is 5.97. The Kier molecular flexibility index (Phi) is 3.65. The molecule has 1 aliphatic heterocycles. The fraction of sp³-hybridized carbons (Fsp3) is 0.438. The van der Waals surface area contributed by atoms with Crippen LogP contribution in [0.25, 0.3) is 10.9 Å². The van der Waals surface area contributed by atoms with Gasteiger partial charge in [-0.3, -0.25) is 4.79 Å². The van der Waals surface area contributed by atoms with E-state index in [9.17, 15) is 4.79 Å². The highest BCUT2D eigenvalue weighted by Gasteiger charge is 2.11. The first-order chi connectivity index (χ1) is 9.38. The molecule has 0 saturated carbocycles. The third kappa shape index (κ3) is 2.56. The first kappa shape index (κ1) is 12.4. The summed E-state index contributed by atoms with van der Waals surface area (Å²) in [6.45, 7) is 4.75. The second-order valence-electron chi connectivity index (χ2n) is 5.31. The van der Waals surface area contributed by atoms with Crippen molar-refractivity contribution in [3.8, 4) is 0 Å². The van der Waals surface area contributed by atoms with E-state index in [0.29, 0.717) is 0 Å². The van der Waals surface area contributed by atoms with Crippen LogP contribution in [-0.2, 0) is 6.54 Å². The van der Waals surface area contributed by atoms with E-state index in [2.05, 4.69) is 27.8 Å². The number of rotatable bonds is 5. The Balaban J connectivity index is 1.69. The van der Waals surface area contributed by atoms with Gasteiger partial charge < -0.3 is 9.47 Å². The second kappa shape index (κ2) is 5.57. The van der Waals surface area contributed by atoms with Gasteiger partial charge in [-0.25, -0.2) is 0 Å². The standard InChI is InChI=1S/C16H20N2O/c19-13-14-5-3-6-16-15(14)7-12-18(16)11-4-10-17-8-1-2-9-17/h3,5-7,12-13H,1-2,4,8-11H2. The number of likely N-dealkylation sites (tertiary alicyclic amines) is 1. The van der Waals surface area contributed by atoms with Crippen molar-refractivity contribution in [2.45, 2.75) is 25.8 Å². The van der Waals surface area contributed by atoms with Gasteiger partial charge in [0.1, 0.15) is 0 Å². The lowest BCUT2D eigenvalue weighted by atomic mass is 10.1. The van der Waals surface area contributed by atoms with Crippen LogP contribution in [0.3, 0.4) is 0 Å². The minimum absolute atomic E-state index is 0.788. The van der Waals surface area contributed by atoms with Gasteiger partial charge in [0.05, 0.1) is 0 Å². The highest BCUT2D eigenvalue weighted by Crippen LogP contribution is 2.19. The normalized spacial score (nSPS) is 16.2. The van der Waals surface area contributed by atoms with Gasteiger partial charge in [0.25, 0.3) is 0 Å². The molecule has 3 nitrogen and oxygen atoms in total. The lowest BCUT2D eigenvalue weighted by molar-refractivity contribution is 0.112. The molecule has 0 bridgehead atoms. The Morgan fingerprint density at radius 2 is 1.95 bits per heavy atom. The Bertz CT molecular complexity index is 567. The van der Waals surface area contributed by atoms with Crippen molar-refractivity contribution in [3.63, 3.8) is 0 Å². The smallest absolute Gasteiger partial charge is 0.150 e. The molecule has 0 amide bonds. The number of aldehydes is 1. The van der Waals surface area contributed by atoms with Crippen LogP contribution in [0.2, 0.25) is 0 Å². The van der Waals surface area contributed by atoms with E-state index in [1.54, 1.807) is 0 Å². The van der Waals surface area contributed by atoms with Crippen molar-refractivity contribution in [3.05, 3.63) is 36.0 Å². The SMILES string of the molecule is O=Cc1cccc2c1ccn2CCCN1CCCC1. The van der Waals surface area contributed by atoms with Crippen LogP contribution in [0.4, 0.5) is 0 Å². The van der Waals surface area contributed by atoms with Gasteiger partial charge in [0.15, 0.2) is 6.29 Å². The van der Waals surface area contributed by atoms with Crippen molar-refractivity contribution >= 4 is 17.2 Å². The molecule has 100 valence electrons. The maximum Gasteiger partial charge on any atom is 0.150 e. The number of fused-ring (bicyclic) bond motifs is 1. The molecule has 0 radical (unpaired) electrons. The highest BCUT2D eigenvalue weighted by atomic mass is 16.1. The average molecular weight is 256 g/mol. The van der Waals surface area contributed by atoms with E-state index in [0.717, 1.165) is 23.8 Å². The summed E-state index contributed by atoms with van der Waals surface area (Å²) < 4.78 is 2.26. The third-order valence-corrected chi connectivity index (χ3v) is 4.05. The number of hydrogen-bond acceptors (Lipinski definition) is 2.